The quantitative estimate of drug-likeness (QED) is 0.592. The number of likely N-dealkylation sites (tertiary alicyclic amines) is 1. The van der Waals surface area contributed by atoms with Crippen molar-refractivity contribution in [3.8, 4) is 5.75 Å². The molecule has 0 bridgehead atoms. The second-order valence-electron chi connectivity index (χ2n) is 6.87. The molecular weight excluding hydrogens is 419 g/mol. The fourth-order valence-corrected chi connectivity index (χ4v) is 3.63. The Hall–Kier alpha value is -1.46. The van der Waals surface area contributed by atoms with Crippen LogP contribution >= 0.6 is 34.8 Å². The van der Waals surface area contributed by atoms with Gasteiger partial charge in [-0.25, -0.2) is 0 Å². The van der Waals surface area contributed by atoms with Crippen molar-refractivity contribution in [2.24, 2.45) is 0 Å². The Kier molecular flexibility index (Phi) is 7.86. The summed E-state index contributed by atoms with van der Waals surface area (Å²) in [6.07, 6.45) is 2.84. The third-order valence-electron chi connectivity index (χ3n) is 4.81. The molecular formula is C21H23Cl3N2O2. The highest BCUT2D eigenvalue weighted by Gasteiger charge is 2.20. The zero-order valence-electron chi connectivity index (χ0n) is 15.5. The summed E-state index contributed by atoms with van der Waals surface area (Å²) in [5, 5.41) is 4.78. The van der Waals surface area contributed by atoms with Crippen molar-refractivity contribution in [1.82, 2.24) is 10.2 Å². The van der Waals surface area contributed by atoms with E-state index in [0.29, 0.717) is 27.2 Å². The number of hydrogen-bond donors (Lipinski definition) is 1. The van der Waals surface area contributed by atoms with Crippen LogP contribution in [-0.4, -0.2) is 43.1 Å². The third kappa shape index (κ3) is 6.28. The van der Waals surface area contributed by atoms with E-state index in [9.17, 15) is 4.79 Å². The molecule has 0 aromatic heterocycles. The molecule has 28 heavy (non-hydrogen) atoms. The monoisotopic (exact) mass is 440 g/mol. The number of benzene rings is 2. The third-order valence-corrected chi connectivity index (χ3v) is 5.80. The van der Waals surface area contributed by atoms with Crippen molar-refractivity contribution in [1.29, 1.82) is 0 Å². The lowest BCUT2D eigenvalue weighted by molar-refractivity contribution is 0.0909. The highest BCUT2D eigenvalue weighted by Crippen LogP contribution is 2.26. The van der Waals surface area contributed by atoms with Crippen LogP contribution < -0.4 is 10.1 Å². The summed E-state index contributed by atoms with van der Waals surface area (Å²) in [5.41, 5.74) is 0.645. The molecule has 1 aliphatic rings. The molecule has 2 aromatic carbocycles. The number of carbonyl (C=O) groups is 1. The summed E-state index contributed by atoms with van der Waals surface area (Å²) in [5.74, 6) is 0.697. The molecule has 1 aliphatic heterocycles. The van der Waals surface area contributed by atoms with Gasteiger partial charge >= 0.3 is 0 Å². The molecule has 1 amide bonds. The lowest BCUT2D eigenvalue weighted by Gasteiger charge is -2.32. The highest BCUT2D eigenvalue weighted by atomic mass is 35.5. The zero-order valence-corrected chi connectivity index (χ0v) is 17.7. The van der Waals surface area contributed by atoms with Crippen molar-refractivity contribution in [2.75, 3.05) is 26.2 Å². The molecule has 0 saturated carbocycles. The van der Waals surface area contributed by atoms with Gasteiger partial charge in [-0.05, 0) is 55.7 Å². The van der Waals surface area contributed by atoms with Gasteiger partial charge in [0.2, 0.25) is 0 Å². The largest absolute Gasteiger partial charge is 0.493 e. The molecule has 4 nitrogen and oxygen atoms in total. The summed E-state index contributed by atoms with van der Waals surface area (Å²) in [6.45, 7) is 3.54. The van der Waals surface area contributed by atoms with Crippen LogP contribution in [0.4, 0.5) is 0 Å². The lowest BCUT2D eigenvalue weighted by Crippen LogP contribution is -2.45. The van der Waals surface area contributed by atoms with Crippen LogP contribution in [0.1, 0.15) is 29.6 Å². The fourth-order valence-electron chi connectivity index (χ4n) is 3.22. The molecule has 2 aromatic rings. The van der Waals surface area contributed by atoms with Crippen LogP contribution in [0.5, 0.6) is 5.75 Å². The number of nitrogens with one attached hydrogen (secondary N) is 1. The van der Waals surface area contributed by atoms with E-state index in [1.165, 1.54) is 0 Å². The van der Waals surface area contributed by atoms with E-state index < -0.39 is 0 Å². The molecule has 1 fully saturated rings. The van der Waals surface area contributed by atoms with E-state index in [1.807, 2.05) is 6.07 Å². The second kappa shape index (κ2) is 10.4. The molecule has 150 valence electrons. The number of ether oxygens (including phenoxy) is 1. The minimum atomic E-state index is -0.0369. The van der Waals surface area contributed by atoms with Gasteiger partial charge in [0.15, 0.2) is 0 Å². The zero-order chi connectivity index (χ0) is 19.9. The number of hydrogen-bond acceptors (Lipinski definition) is 3. The van der Waals surface area contributed by atoms with Crippen LogP contribution in [0.3, 0.4) is 0 Å². The van der Waals surface area contributed by atoms with Crippen LogP contribution in [0, 0.1) is 0 Å². The maximum absolute atomic E-state index is 12.3. The van der Waals surface area contributed by atoms with Crippen LogP contribution in [0.15, 0.2) is 42.5 Å². The van der Waals surface area contributed by atoms with Gasteiger partial charge in [0.1, 0.15) is 5.75 Å². The number of carbonyl (C=O) groups excluding carboxylic acids is 1. The van der Waals surface area contributed by atoms with Gasteiger partial charge in [0.05, 0.1) is 16.7 Å². The first-order chi connectivity index (χ1) is 13.5. The molecule has 0 aliphatic carbocycles. The molecule has 1 saturated heterocycles. The molecule has 0 unspecified atom stereocenters. The average molecular weight is 442 g/mol. The number of halogens is 3. The minimum absolute atomic E-state index is 0.0369. The predicted molar refractivity (Wildman–Crippen MR) is 115 cm³/mol. The maximum Gasteiger partial charge on any atom is 0.251 e. The first kappa shape index (κ1) is 21.3. The van der Waals surface area contributed by atoms with Gasteiger partial charge < -0.3 is 15.0 Å². The average Bonchev–Trinajstić information content (AvgIpc) is 2.69. The van der Waals surface area contributed by atoms with Crippen LogP contribution in [-0.2, 0) is 0 Å². The minimum Gasteiger partial charge on any atom is -0.493 e. The van der Waals surface area contributed by atoms with E-state index in [0.717, 1.165) is 44.6 Å². The fraction of sp³-hybridized carbons (Fsp3) is 0.381. The molecule has 0 atom stereocenters. The maximum atomic E-state index is 12.3. The van der Waals surface area contributed by atoms with Crippen molar-refractivity contribution in [3.05, 3.63) is 63.1 Å². The van der Waals surface area contributed by atoms with Gasteiger partial charge in [0, 0.05) is 42.3 Å². The predicted octanol–water partition coefficient (Wildman–Crippen LogP) is 5.31. The van der Waals surface area contributed by atoms with Gasteiger partial charge in [-0.3, -0.25) is 4.79 Å². The molecule has 7 heteroatoms. The molecule has 1 N–H and O–H groups in total. The van der Waals surface area contributed by atoms with Crippen LogP contribution in [0.2, 0.25) is 15.1 Å². The van der Waals surface area contributed by atoms with E-state index in [2.05, 4.69) is 10.2 Å². The first-order valence-corrected chi connectivity index (χ1v) is 10.5. The summed E-state index contributed by atoms with van der Waals surface area (Å²) < 4.78 is 5.73. The van der Waals surface area contributed by atoms with Crippen molar-refractivity contribution >= 4 is 40.7 Å². The van der Waals surface area contributed by atoms with E-state index in [1.54, 1.807) is 36.4 Å². The van der Waals surface area contributed by atoms with E-state index in [-0.39, 0.29) is 11.9 Å². The van der Waals surface area contributed by atoms with Crippen molar-refractivity contribution in [3.63, 3.8) is 0 Å². The lowest BCUT2D eigenvalue weighted by atomic mass is 10.0. The smallest absolute Gasteiger partial charge is 0.251 e. The highest BCUT2D eigenvalue weighted by molar-refractivity contribution is 6.42. The van der Waals surface area contributed by atoms with Crippen molar-refractivity contribution < 1.29 is 9.53 Å². The summed E-state index contributed by atoms with van der Waals surface area (Å²) in [7, 11) is 0. The Labute approximate surface area is 180 Å². The Morgan fingerprint density at radius 2 is 1.75 bits per heavy atom. The Morgan fingerprint density at radius 3 is 2.43 bits per heavy atom. The first-order valence-electron chi connectivity index (χ1n) is 9.38. The standard InChI is InChI=1S/C21H23Cl3N2O2/c22-16-4-2-15(3-5-16)21(27)25-17-8-11-26(12-9-17)10-1-13-28-18-6-7-19(23)20(24)14-18/h2-7,14,17H,1,8-13H2,(H,25,27). The van der Waals surface area contributed by atoms with Crippen LogP contribution in [0.25, 0.3) is 0 Å². The van der Waals surface area contributed by atoms with Gasteiger partial charge in [-0.15, -0.1) is 0 Å². The topological polar surface area (TPSA) is 41.6 Å². The number of amides is 1. The van der Waals surface area contributed by atoms with Crippen molar-refractivity contribution in [2.45, 2.75) is 25.3 Å². The van der Waals surface area contributed by atoms with Gasteiger partial charge in [-0.1, -0.05) is 34.8 Å². The van der Waals surface area contributed by atoms with Gasteiger partial charge in [0.25, 0.3) is 5.91 Å². The Bertz CT molecular complexity index is 791. The Balaban J connectivity index is 1.33. The molecule has 3 rings (SSSR count). The summed E-state index contributed by atoms with van der Waals surface area (Å²) in [6, 6.07) is 12.5. The number of rotatable bonds is 7. The van der Waals surface area contributed by atoms with E-state index >= 15 is 0 Å². The van der Waals surface area contributed by atoms with Gasteiger partial charge in [-0.2, -0.15) is 0 Å². The summed E-state index contributed by atoms with van der Waals surface area (Å²) in [4.78, 5) is 14.7. The SMILES string of the molecule is O=C(NC1CCN(CCCOc2ccc(Cl)c(Cl)c2)CC1)c1ccc(Cl)cc1. The Morgan fingerprint density at radius 1 is 1.04 bits per heavy atom. The molecule has 0 spiro atoms. The molecule has 1 heterocycles. The van der Waals surface area contributed by atoms with E-state index in [4.69, 9.17) is 39.5 Å². The number of nitrogens with zero attached hydrogens (tertiary/aromatic N) is 1. The summed E-state index contributed by atoms with van der Waals surface area (Å²) >= 11 is 17.8. The normalized spacial score (nSPS) is 15.4. The molecule has 0 radical (unpaired) electrons. The number of piperidine rings is 1. The second-order valence-corrected chi connectivity index (χ2v) is 8.13.